The number of rotatable bonds is 8. The average molecular weight is 487 g/mol. The highest BCUT2D eigenvalue weighted by molar-refractivity contribution is 7.99. The highest BCUT2D eigenvalue weighted by atomic mass is 32.2. The fourth-order valence-corrected chi connectivity index (χ4v) is 4.50. The molecule has 0 aliphatic carbocycles. The zero-order valence-corrected chi connectivity index (χ0v) is 21.1. The second-order valence-electron chi connectivity index (χ2n) is 7.92. The number of thioether (sulfide) groups is 1. The SMILES string of the molecule is COc1cc(-c2nc(SC(C)C)nc(Nc3cccc4ccccc34)c2C#N)cc(OC)c1OC. The largest absolute Gasteiger partial charge is 0.493 e. The second-order valence-corrected chi connectivity index (χ2v) is 9.47. The molecular weight excluding hydrogens is 460 g/mol. The third kappa shape index (κ3) is 4.96. The van der Waals surface area contributed by atoms with Crippen molar-refractivity contribution in [1.29, 1.82) is 5.26 Å². The minimum absolute atomic E-state index is 0.251. The van der Waals surface area contributed by atoms with E-state index in [0.29, 0.717) is 45.0 Å². The summed E-state index contributed by atoms with van der Waals surface area (Å²) in [4.78, 5) is 9.48. The Balaban J connectivity index is 1.93. The Morgan fingerprint density at radius 2 is 1.60 bits per heavy atom. The lowest BCUT2D eigenvalue weighted by Gasteiger charge is -2.17. The maximum Gasteiger partial charge on any atom is 0.203 e. The van der Waals surface area contributed by atoms with Gasteiger partial charge in [-0.15, -0.1) is 0 Å². The van der Waals surface area contributed by atoms with E-state index in [2.05, 4.69) is 25.2 Å². The standard InChI is InChI=1S/C27H26N4O3S/c1-16(2)35-27-30-24(18-13-22(32-3)25(34-5)23(14-18)33-4)20(15-28)26(31-27)29-21-12-8-10-17-9-6-7-11-19(17)21/h6-14,16H,1-5H3,(H,29,30,31). The first-order chi connectivity index (χ1) is 17.0. The van der Waals surface area contributed by atoms with Crippen LogP contribution in [0.25, 0.3) is 22.0 Å². The Morgan fingerprint density at radius 1 is 0.914 bits per heavy atom. The maximum atomic E-state index is 10.2. The fraction of sp³-hybridized carbons (Fsp3) is 0.222. The van der Waals surface area contributed by atoms with Crippen molar-refractivity contribution >= 4 is 34.0 Å². The van der Waals surface area contributed by atoms with Crippen molar-refractivity contribution in [3.05, 3.63) is 60.2 Å². The summed E-state index contributed by atoms with van der Waals surface area (Å²) >= 11 is 1.52. The van der Waals surface area contributed by atoms with Crippen molar-refractivity contribution < 1.29 is 14.2 Å². The van der Waals surface area contributed by atoms with Crippen molar-refractivity contribution in [2.24, 2.45) is 0 Å². The number of anilines is 2. The summed E-state index contributed by atoms with van der Waals surface area (Å²) in [6, 6.07) is 19.9. The number of fused-ring (bicyclic) bond motifs is 1. The molecule has 35 heavy (non-hydrogen) atoms. The zero-order chi connectivity index (χ0) is 24.9. The van der Waals surface area contributed by atoms with Gasteiger partial charge in [0.15, 0.2) is 22.5 Å². The van der Waals surface area contributed by atoms with Crippen LogP contribution in [0.2, 0.25) is 0 Å². The van der Waals surface area contributed by atoms with Gasteiger partial charge in [0.2, 0.25) is 5.75 Å². The molecular formula is C27H26N4O3S. The summed E-state index contributed by atoms with van der Waals surface area (Å²) in [5.41, 5.74) is 2.31. The van der Waals surface area contributed by atoms with E-state index < -0.39 is 0 Å². The van der Waals surface area contributed by atoms with E-state index in [9.17, 15) is 5.26 Å². The number of benzene rings is 3. The van der Waals surface area contributed by atoms with Gasteiger partial charge in [0.1, 0.15) is 11.6 Å². The van der Waals surface area contributed by atoms with Gasteiger partial charge in [0.25, 0.3) is 0 Å². The number of ether oxygens (including phenoxy) is 3. The molecule has 4 aromatic rings. The van der Waals surface area contributed by atoms with Crippen molar-refractivity contribution in [3.63, 3.8) is 0 Å². The molecule has 1 aromatic heterocycles. The van der Waals surface area contributed by atoms with E-state index in [0.717, 1.165) is 16.5 Å². The van der Waals surface area contributed by atoms with Crippen LogP contribution in [-0.2, 0) is 0 Å². The van der Waals surface area contributed by atoms with Gasteiger partial charge in [-0.3, -0.25) is 0 Å². The van der Waals surface area contributed by atoms with Crippen LogP contribution in [0.3, 0.4) is 0 Å². The first kappa shape index (κ1) is 24.2. The highest BCUT2D eigenvalue weighted by Gasteiger charge is 2.21. The lowest BCUT2D eigenvalue weighted by atomic mass is 10.0. The molecule has 8 heteroatoms. The van der Waals surface area contributed by atoms with E-state index in [1.807, 2.05) is 42.5 Å². The van der Waals surface area contributed by atoms with E-state index in [4.69, 9.17) is 24.2 Å². The van der Waals surface area contributed by atoms with Crippen molar-refractivity contribution in [3.8, 4) is 34.6 Å². The van der Waals surface area contributed by atoms with Gasteiger partial charge in [-0.25, -0.2) is 9.97 Å². The Bertz CT molecular complexity index is 1390. The van der Waals surface area contributed by atoms with E-state index in [-0.39, 0.29) is 5.25 Å². The Kier molecular flexibility index (Phi) is 7.28. The van der Waals surface area contributed by atoms with Crippen LogP contribution >= 0.6 is 11.8 Å². The number of nitrogens with zero attached hydrogens (tertiary/aromatic N) is 3. The number of aromatic nitrogens is 2. The molecule has 3 aromatic carbocycles. The summed E-state index contributed by atoms with van der Waals surface area (Å²) in [6.07, 6.45) is 0. The quantitative estimate of drug-likeness (QED) is 0.225. The number of nitriles is 1. The minimum Gasteiger partial charge on any atom is -0.493 e. The van der Waals surface area contributed by atoms with Gasteiger partial charge >= 0.3 is 0 Å². The molecule has 0 saturated heterocycles. The molecule has 1 N–H and O–H groups in total. The highest BCUT2D eigenvalue weighted by Crippen LogP contribution is 2.42. The third-order valence-corrected chi connectivity index (χ3v) is 6.19. The average Bonchev–Trinajstić information content (AvgIpc) is 2.87. The Hall–Kier alpha value is -3.96. The van der Waals surface area contributed by atoms with Crippen molar-refractivity contribution in [2.45, 2.75) is 24.3 Å². The van der Waals surface area contributed by atoms with Gasteiger partial charge in [0.05, 0.1) is 27.0 Å². The van der Waals surface area contributed by atoms with Crippen LogP contribution in [-0.4, -0.2) is 36.5 Å². The number of hydrogen-bond acceptors (Lipinski definition) is 8. The molecule has 0 saturated carbocycles. The molecule has 0 fully saturated rings. The van der Waals surface area contributed by atoms with Gasteiger partial charge in [-0.2, -0.15) is 5.26 Å². The predicted octanol–water partition coefficient (Wildman–Crippen LogP) is 6.44. The molecule has 0 aliphatic rings. The van der Waals surface area contributed by atoms with E-state index in [1.54, 1.807) is 33.5 Å². The molecule has 4 rings (SSSR count). The second kappa shape index (κ2) is 10.5. The third-order valence-electron chi connectivity index (χ3n) is 5.32. The van der Waals surface area contributed by atoms with Gasteiger partial charge < -0.3 is 19.5 Å². The summed E-state index contributed by atoms with van der Waals surface area (Å²) in [7, 11) is 4.66. The summed E-state index contributed by atoms with van der Waals surface area (Å²) in [5, 5.41) is 16.5. The van der Waals surface area contributed by atoms with Gasteiger partial charge in [-0.1, -0.05) is 62.0 Å². The Labute approximate surface area is 209 Å². The summed E-state index contributed by atoms with van der Waals surface area (Å²) in [5.74, 6) is 1.86. The summed E-state index contributed by atoms with van der Waals surface area (Å²) < 4.78 is 16.5. The number of nitrogens with one attached hydrogen (secondary N) is 1. The molecule has 1 heterocycles. The molecule has 7 nitrogen and oxygen atoms in total. The molecule has 0 amide bonds. The lowest BCUT2D eigenvalue weighted by molar-refractivity contribution is 0.324. The lowest BCUT2D eigenvalue weighted by Crippen LogP contribution is -2.05. The van der Waals surface area contributed by atoms with Crippen molar-refractivity contribution in [1.82, 2.24) is 9.97 Å². The topological polar surface area (TPSA) is 89.3 Å². The molecule has 0 unspecified atom stereocenters. The first-order valence-corrected chi connectivity index (χ1v) is 11.9. The number of methoxy groups -OCH3 is 3. The maximum absolute atomic E-state index is 10.2. The molecule has 0 radical (unpaired) electrons. The fourth-order valence-electron chi connectivity index (χ4n) is 3.79. The molecule has 0 atom stereocenters. The minimum atomic E-state index is 0.251. The first-order valence-electron chi connectivity index (χ1n) is 11.0. The predicted molar refractivity (Wildman–Crippen MR) is 140 cm³/mol. The molecule has 178 valence electrons. The van der Waals surface area contributed by atoms with Crippen LogP contribution in [0.15, 0.2) is 59.8 Å². The van der Waals surface area contributed by atoms with Crippen LogP contribution in [0.4, 0.5) is 11.5 Å². The van der Waals surface area contributed by atoms with Crippen molar-refractivity contribution in [2.75, 3.05) is 26.6 Å². The molecule has 0 bridgehead atoms. The van der Waals surface area contributed by atoms with Crippen LogP contribution in [0.1, 0.15) is 19.4 Å². The van der Waals surface area contributed by atoms with Gasteiger partial charge in [0, 0.05) is 21.9 Å². The van der Waals surface area contributed by atoms with Crippen LogP contribution in [0.5, 0.6) is 17.2 Å². The number of hydrogen-bond donors (Lipinski definition) is 1. The smallest absolute Gasteiger partial charge is 0.203 e. The van der Waals surface area contributed by atoms with Gasteiger partial charge in [-0.05, 0) is 23.6 Å². The zero-order valence-electron chi connectivity index (χ0n) is 20.2. The van der Waals surface area contributed by atoms with Crippen LogP contribution in [0, 0.1) is 11.3 Å². The Morgan fingerprint density at radius 3 is 2.23 bits per heavy atom. The molecule has 0 spiro atoms. The monoisotopic (exact) mass is 486 g/mol. The summed E-state index contributed by atoms with van der Waals surface area (Å²) in [6.45, 7) is 4.15. The molecule has 0 aliphatic heterocycles. The van der Waals surface area contributed by atoms with E-state index >= 15 is 0 Å². The van der Waals surface area contributed by atoms with E-state index in [1.165, 1.54) is 11.8 Å². The van der Waals surface area contributed by atoms with Crippen LogP contribution < -0.4 is 19.5 Å². The normalized spacial score (nSPS) is 10.8.